The fourth-order valence-electron chi connectivity index (χ4n) is 3.30. The minimum absolute atomic E-state index is 0.0974. The number of carbonyl (C=O) groups excluding carboxylic acids is 1. The second kappa shape index (κ2) is 9.71. The molecule has 1 fully saturated rings. The molecule has 156 valence electrons. The SMILES string of the molecule is Cc1ccc(S(=O)(=O)N2CCCN(CC(=O)NCc3ccccc3Cl)CC2)cc1. The topological polar surface area (TPSA) is 69.7 Å². The molecule has 1 amide bonds. The Kier molecular flexibility index (Phi) is 7.29. The van der Waals surface area contributed by atoms with Crippen LogP contribution in [0.1, 0.15) is 17.5 Å². The quantitative estimate of drug-likeness (QED) is 0.757. The van der Waals surface area contributed by atoms with Crippen LogP contribution in [-0.4, -0.2) is 56.3 Å². The fourth-order valence-corrected chi connectivity index (χ4v) is 4.97. The third-order valence-electron chi connectivity index (χ3n) is 5.01. The van der Waals surface area contributed by atoms with Crippen molar-refractivity contribution >= 4 is 27.5 Å². The summed E-state index contributed by atoms with van der Waals surface area (Å²) in [7, 11) is -3.51. The smallest absolute Gasteiger partial charge is 0.243 e. The Morgan fingerprint density at radius 3 is 2.48 bits per heavy atom. The molecule has 0 unspecified atom stereocenters. The number of benzene rings is 2. The molecule has 1 aliphatic heterocycles. The van der Waals surface area contributed by atoms with Crippen molar-refractivity contribution in [3.8, 4) is 0 Å². The minimum Gasteiger partial charge on any atom is -0.351 e. The zero-order valence-electron chi connectivity index (χ0n) is 16.5. The summed E-state index contributed by atoms with van der Waals surface area (Å²) in [5, 5.41) is 3.51. The number of rotatable bonds is 6. The van der Waals surface area contributed by atoms with Crippen molar-refractivity contribution in [2.45, 2.75) is 24.8 Å². The van der Waals surface area contributed by atoms with Gasteiger partial charge in [-0.25, -0.2) is 8.42 Å². The van der Waals surface area contributed by atoms with E-state index in [0.29, 0.717) is 49.1 Å². The maximum absolute atomic E-state index is 12.9. The zero-order chi connectivity index (χ0) is 20.9. The Bertz CT molecular complexity index is 948. The molecule has 1 N–H and O–H groups in total. The first-order chi connectivity index (χ1) is 13.9. The lowest BCUT2D eigenvalue weighted by atomic mass is 10.2. The van der Waals surface area contributed by atoms with E-state index >= 15 is 0 Å². The van der Waals surface area contributed by atoms with Crippen LogP contribution >= 0.6 is 11.6 Å². The van der Waals surface area contributed by atoms with E-state index < -0.39 is 10.0 Å². The van der Waals surface area contributed by atoms with E-state index in [4.69, 9.17) is 11.6 Å². The summed E-state index contributed by atoms with van der Waals surface area (Å²) in [6.07, 6.45) is 0.683. The molecule has 29 heavy (non-hydrogen) atoms. The van der Waals surface area contributed by atoms with Gasteiger partial charge in [-0.3, -0.25) is 9.69 Å². The first kappa shape index (κ1) is 21.8. The molecule has 0 atom stereocenters. The van der Waals surface area contributed by atoms with Gasteiger partial charge in [0.2, 0.25) is 15.9 Å². The first-order valence-electron chi connectivity index (χ1n) is 9.65. The van der Waals surface area contributed by atoms with Gasteiger partial charge >= 0.3 is 0 Å². The van der Waals surface area contributed by atoms with Gasteiger partial charge in [0, 0.05) is 31.2 Å². The third kappa shape index (κ3) is 5.79. The highest BCUT2D eigenvalue weighted by molar-refractivity contribution is 7.89. The summed E-state index contributed by atoms with van der Waals surface area (Å²) >= 11 is 6.11. The summed E-state index contributed by atoms with van der Waals surface area (Å²) in [6.45, 7) is 4.56. The first-order valence-corrected chi connectivity index (χ1v) is 11.5. The maximum Gasteiger partial charge on any atom is 0.243 e. The van der Waals surface area contributed by atoms with Crippen LogP contribution < -0.4 is 5.32 Å². The molecule has 8 heteroatoms. The molecule has 2 aromatic rings. The van der Waals surface area contributed by atoms with E-state index in [0.717, 1.165) is 11.1 Å². The van der Waals surface area contributed by atoms with E-state index in [2.05, 4.69) is 5.32 Å². The number of halogens is 1. The highest BCUT2D eigenvalue weighted by atomic mass is 35.5. The summed E-state index contributed by atoms with van der Waals surface area (Å²) in [4.78, 5) is 14.6. The van der Waals surface area contributed by atoms with Gasteiger partial charge < -0.3 is 5.32 Å². The van der Waals surface area contributed by atoms with Crippen molar-refractivity contribution < 1.29 is 13.2 Å². The molecule has 6 nitrogen and oxygen atoms in total. The fraction of sp³-hybridized carbons (Fsp3) is 0.381. The number of aryl methyl sites for hydroxylation is 1. The normalized spacial score (nSPS) is 16.3. The van der Waals surface area contributed by atoms with Crippen molar-refractivity contribution in [1.29, 1.82) is 0 Å². The lowest BCUT2D eigenvalue weighted by Crippen LogP contribution is -2.39. The lowest BCUT2D eigenvalue weighted by Gasteiger charge is -2.21. The van der Waals surface area contributed by atoms with Crippen LogP contribution in [0.4, 0.5) is 0 Å². The van der Waals surface area contributed by atoms with E-state index in [1.54, 1.807) is 30.3 Å². The second-order valence-electron chi connectivity index (χ2n) is 7.21. The molecule has 0 aromatic heterocycles. The minimum atomic E-state index is -3.51. The van der Waals surface area contributed by atoms with Gasteiger partial charge in [-0.05, 0) is 43.7 Å². The predicted octanol–water partition coefficient (Wildman–Crippen LogP) is 2.66. The number of hydrogen-bond donors (Lipinski definition) is 1. The summed E-state index contributed by atoms with van der Waals surface area (Å²) in [5.41, 5.74) is 1.89. The number of nitrogens with one attached hydrogen (secondary N) is 1. The van der Waals surface area contributed by atoms with Gasteiger partial charge in [-0.2, -0.15) is 4.31 Å². The van der Waals surface area contributed by atoms with Crippen LogP contribution in [-0.2, 0) is 21.4 Å². The predicted molar refractivity (Wildman–Crippen MR) is 114 cm³/mol. The van der Waals surface area contributed by atoms with Crippen molar-refractivity contribution in [1.82, 2.24) is 14.5 Å². The average Bonchev–Trinajstić information content (AvgIpc) is 2.94. The molecular formula is C21H26ClN3O3S. The highest BCUT2D eigenvalue weighted by Crippen LogP contribution is 2.18. The summed E-state index contributed by atoms with van der Waals surface area (Å²) in [6, 6.07) is 14.3. The second-order valence-corrected chi connectivity index (χ2v) is 9.56. The van der Waals surface area contributed by atoms with Crippen LogP contribution in [0.5, 0.6) is 0 Å². The molecule has 0 spiro atoms. The number of sulfonamides is 1. The molecule has 3 rings (SSSR count). The average molecular weight is 436 g/mol. The van der Waals surface area contributed by atoms with Gasteiger partial charge in [0.1, 0.15) is 0 Å². The molecule has 1 saturated heterocycles. The van der Waals surface area contributed by atoms with Gasteiger partial charge in [-0.15, -0.1) is 0 Å². The van der Waals surface area contributed by atoms with Crippen LogP contribution in [0.2, 0.25) is 5.02 Å². The zero-order valence-corrected chi connectivity index (χ0v) is 18.0. The maximum atomic E-state index is 12.9. The van der Waals surface area contributed by atoms with Gasteiger partial charge in [0.15, 0.2) is 0 Å². The van der Waals surface area contributed by atoms with E-state index in [1.807, 2.05) is 30.0 Å². The molecule has 0 radical (unpaired) electrons. The standard InChI is InChI=1S/C21H26ClN3O3S/c1-17-7-9-19(10-8-17)29(27,28)25-12-4-11-24(13-14-25)16-21(26)23-15-18-5-2-3-6-20(18)22/h2-3,5-10H,4,11-16H2,1H3,(H,23,26). The van der Waals surface area contributed by atoms with Crippen molar-refractivity contribution in [3.05, 3.63) is 64.7 Å². The molecule has 2 aromatic carbocycles. The molecular weight excluding hydrogens is 410 g/mol. The lowest BCUT2D eigenvalue weighted by molar-refractivity contribution is -0.122. The Hall–Kier alpha value is -1.93. The van der Waals surface area contributed by atoms with Crippen LogP contribution in [0, 0.1) is 6.92 Å². The number of hydrogen-bond acceptors (Lipinski definition) is 4. The van der Waals surface area contributed by atoms with Gasteiger partial charge in [0.25, 0.3) is 0 Å². The van der Waals surface area contributed by atoms with Crippen molar-refractivity contribution in [3.63, 3.8) is 0 Å². The number of carbonyl (C=O) groups is 1. The van der Waals surface area contributed by atoms with E-state index in [9.17, 15) is 13.2 Å². The molecule has 1 heterocycles. The van der Waals surface area contributed by atoms with Crippen LogP contribution in [0.15, 0.2) is 53.4 Å². The third-order valence-corrected chi connectivity index (χ3v) is 7.29. The molecule has 1 aliphatic rings. The molecule has 0 aliphatic carbocycles. The molecule has 0 saturated carbocycles. The highest BCUT2D eigenvalue weighted by Gasteiger charge is 2.27. The van der Waals surface area contributed by atoms with Crippen molar-refractivity contribution in [2.75, 3.05) is 32.7 Å². The summed E-state index contributed by atoms with van der Waals surface area (Å²) < 4.78 is 27.3. The Labute approximate surface area is 177 Å². The molecule has 0 bridgehead atoms. The van der Waals surface area contributed by atoms with Crippen LogP contribution in [0.3, 0.4) is 0 Å². The Morgan fingerprint density at radius 2 is 1.76 bits per heavy atom. The van der Waals surface area contributed by atoms with Gasteiger partial charge in [0.05, 0.1) is 11.4 Å². The largest absolute Gasteiger partial charge is 0.351 e. The summed E-state index contributed by atoms with van der Waals surface area (Å²) in [5.74, 6) is -0.0974. The number of nitrogens with zero attached hydrogens (tertiary/aromatic N) is 2. The monoisotopic (exact) mass is 435 g/mol. The van der Waals surface area contributed by atoms with Crippen molar-refractivity contribution in [2.24, 2.45) is 0 Å². The van der Waals surface area contributed by atoms with E-state index in [-0.39, 0.29) is 12.5 Å². The van der Waals surface area contributed by atoms with Crippen LogP contribution in [0.25, 0.3) is 0 Å². The Balaban J connectivity index is 1.53. The van der Waals surface area contributed by atoms with E-state index in [1.165, 1.54) is 4.31 Å². The Morgan fingerprint density at radius 1 is 1.03 bits per heavy atom. The number of amides is 1. The van der Waals surface area contributed by atoms with Gasteiger partial charge in [-0.1, -0.05) is 47.5 Å².